The summed E-state index contributed by atoms with van der Waals surface area (Å²) in [4.78, 5) is 2.38. The molecule has 0 bridgehead atoms. The molecule has 0 aliphatic carbocycles. The number of rotatable bonds is 9. The van der Waals surface area contributed by atoms with Crippen LogP contribution in [0.4, 0.5) is 0 Å². The lowest BCUT2D eigenvalue weighted by Crippen LogP contribution is -2.39. The minimum absolute atomic E-state index is 0.0179. The molecule has 2 unspecified atom stereocenters. The van der Waals surface area contributed by atoms with Crippen LogP contribution in [0.25, 0.3) is 0 Å². The average molecular weight is 332 g/mol. The van der Waals surface area contributed by atoms with Gasteiger partial charge in [0.1, 0.15) is 4.32 Å². The molecule has 2 aliphatic heterocycles. The molecule has 0 amide bonds. The van der Waals surface area contributed by atoms with Crippen molar-refractivity contribution in [1.29, 1.82) is 0 Å². The third-order valence-corrected chi connectivity index (χ3v) is 5.81. The van der Waals surface area contributed by atoms with Crippen molar-refractivity contribution in [2.75, 3.05) is 25.5 Å². The van der Waals surface area contributed by atoms with Crippen molar-refractivity contribution in [3.63, 3.8) is 0 Å². The van der Waals surface area contributed by atoms with Gasteiger partial charge in [0, 0.05) is 18.9 Å². The van der Waals surface area contributed by atoms with Crippen molar-refractivity contribution in [3.05, 3.63) is 0 Å². The van der Waals surface area contributed by atoms with E-state index in [-0.39, 0.29) is 6.29 Å². The molecule has 0 N–H and O–H groups in total. The van der Waals surface area contributed by atoms with Crippen LogP contribution in [0, 0.1) is 0 Å². The van der Waals surface area contributed by atoms with Crippen LogP contribution in [-0.2, 0) is 9.47 Å². The molecular weight excluding hydrogens is 302 g/mol. The van der Waals surface area contributed by atoms with Crippen molar-refractivity contribution in [2.24, 2.45) is 0 Å². The van der Waals surface area contributed by atoms with E-state index < -0.39 is 0 Å². The second kappa shape index (κ2) is 10.0. The molecule has 2 rings (SSSR count). The van der Waals surface area contributed by atoms with Crippen LogP contribution in [0.15, 0.2) is 0 Å². The fourth-order valence-corrected chi connectivity index (χ4v) is 4.31. The fourth-order valence-electron chi connectivity index (χ4n) is 2.85. The lowest BCUT2D eigenvalue weighted by molar-refractivity contribution is -0.167. The molecule has 5 heteroatoms. The van der Waals surface area contributed by atoms with Crippen LogP contribution in [0.3, 0.4) is 0 Å². The molecule has 0 aromatic heterocycles. The van der Waals surface area contributed by atoms with E-state index in [1.807, 2.05) is 0 Å². The minimum Gasteiger partial charge on any atom is -0.353 e. The highest BCUT2D eigenvalue weighted by Crippen LogP contribution is 2.26. The Labute approximate surface area is 139 Å². The van der Waals surface area contributed by atoms with E-state index >= 15 is 0 Å². The maximum absolute atomic E-state index is 5.95. The van der Waals surface area contributed by atoms with Crippen LogP contribution in [0.5, 0.6) is 0 Å². The van der Waals surface area contributed by atoms with E-state index in [0.717, 1.165) is 36.3 Å². The van der Waals surface area contributed by atoms with Crippen molar-refractivity contribution >= 4 is 28.3 Å². The molecule has 2 fully saturated rings. The monoisotopic (exact) mass is 331 g/mol. The summed E-state index contributed by atoms with van der Waals surface area (Å²) in [6.45, 7) is 4.96. The molecule has 0 radical (unpaired) electrons. The number of unbranched alkanes of at least 4 members (excludes halogenated alkanes) is 4. The van der Waals surface area contributed by atoms with Gasteiger partial charge in [0.25, 0.3) is 0 Å². The molecule has 2 saturated heterocycles. The van der Waals surface area contributed by atoms with Crippen LogP contribution in [0.2, 0.25) is 0 Å². The second-order valence-corrected chi connectivity index (χ2v) is 7.62. The normalized spacial score (nSPS) is 26.5. The first-order chi connectivity index (χ1) is 10.3. The third kappa shape index (κ3) is 6.05. The smallest absolute Gasteiger partial charge is 0.157 e. The number of hydrogen-bond acceptors (Lipinski definition) is 4. The van der Waals surface area contributed by atoms with Gasteiger partial charge < -0.3 is 14.4 Å². The van der Waals surface area contributed by atoms with Gasteiger partial charge in [-0.15, -0.1) is 0 Å². The van der Waals surface area contributed by atoms with Gasteiger partial charge in [0.05, 0.1) is 12.6 Å². The van der Waals surface area contributed by atoms with Crippen LogP contribution in [-0.4, -0.2) is 47.1 Å². The molecule has 2 atom stereocenters. The standard InChI is InChI=1S/C16H29NO2S2/c1-2-3-4-5-7-10-17-14(13-21-16(17)20)12-19-15-9-6-8-11-18-15/h14-15H,2-13H2,1H3. The Morgan fingerprint density at radius 3 is 2.90 bits per heavy atom. The zero-order valence-electron chi connectivity index (χ0n) is 13.2. The highest BCUT2D eigenvalue weighted by molar-refractivity contribution is 8.23. The van der Waals surface area contributed by atoms with Crippen LogP contribution < -0.4 is 0 Å². The van der Waals surface area contributed by atoms with Crippen molar-refractivity contribution in [3.8, 4) is 0 Å². The summed E-state index contributed by atoms with van der Waals surface area (Å²) in [7, 11) is 0. The van der Waals surface area contributed by atoms with Gasteiger partial charge in [0.2, 0.25) is 0 Å². The molecular formula is C16H29NO2S2. The molecule has 2 aliphatic rings. The highest BCUT2D eigenvalue weighted by Gasteiger charge is 2.29. The van der Waals surface area contributed by atoms with Crippen molar-refractivity contribution in [2.45, 2.75) is 70.6 Å². The SMILES string of the molecule is CCCCCCCN1C(=S)SCC1COC1CCCCO1. The van der Waals surface area contributed by atoms with Gasteiger partial charge in [-0.3, -0.25) is 0 Å². The van der Waals surface area contributed by atoms with E-state index in [4.69, 9.17) is 21.7 Å². The summed E-state index contributed by atoms with van der Waals surface area (Å²) in [6.07, 6.45) is 10.0. The number of nitrogens with zero attached hydrogens (tertiary/aromatic N) is 1. The largest absolute Gasteiger partial charge is 0.353 e. The molecule has 0 aromatic carbocycles. The molecule has 3 nitrogen and oxygen atoms in total. The lowest BCUT2D eigenvalue weighted by atomic mass is 10.1. The summed E-state index contributed by atoms with van der Waals surface area (Å²) < 4.78 is 12.7. The summed E-state index contributed by atoms with van der Waals surface area (Å²) in [5, 5.41) is 0. The summed E-state index contributed by atoms with van der Waals surface area (Å²) >= 11 is 7.30. The molecule has 122 valence electrons. The average Bonchev–Trinajstić information content (AvgIpc) is 2.87. The van der Waals surface area contributed by atoms with E-state index in [1.165, 1.54) is 44.9 Å². The van der Waals surface area contributed by atoms with Gasteiger partial charge in [-0.25, -0.2) is 0 Å². The van der Waals surface area contributed by atoms with Crippen molar-refractivity contribution < 1.29 is 9.47 Å². The van der Waals surface area contributed by atoms with Gasteiger partial charge in [-0.2, -0.15) is 0 Å². The Morgan fingerprint density at radius 2 is 2.14 bits per heavy atom. The first-order valence-corrected chi connectivity index (χ1v) is 9.87. The summed E-state index contributed by atoms with van der Waals surface area (Å²) in [6, 6.07) is 0.444. The van der Waals surface area contributed by atoms with Gasteiger partial charge in [-0.1, -0.05) is 56.6 Å². The first-order valence-electron chi connectivity index (χ1n) is 8.48. The number of thioether (sulfide) groups is 1. The van der Waals surface area contributed by atoms with Gasteiger partial charge in [-0.05, 0) is 25.7 Å². The zero-order valence-corrected chi connectivity index (χ0v) is 14.9. The quantitative estimate of drug-likeness (QED) is 0.465. The summed E-state index contributed by atoms with van der Waals surface area (Å²) in [5.74, 6) is 1.07. The predicted octanol–water partition coefficient (Wildman–Crippen LogP) is 4.20. The summed E-state index contributed by atoms with van der Waals surface area (Å²) in [5.41, 5.74) is 0. The second-order valence-electron chi connectivity index (χ2n) is 5.97. The Hall–Kier alpha value is 0.160. The zero-order chi connectivity index (χ0) is 14.9. The van der Waals surface area contributed by atoms with Crippen LogP contribution in [0.1, 0.15) is 58.3 Å². The number of ether oxygens (including phenoxy) is 2. The van der Waals surface area contributed by atoms with E-state index in [0.29, 0.717) is 6.04 Å². The number of hydrogen-bond donors (Lipinski definition) is 0. The maximum atomic E-state index is 5.95. The maximum Gasteiger partial charge on any atom is 0.157 e. The van der Waals surface area contributed by atoms with E-state index in [9.17, 15) is 0 Å². The molecule has 0 aromatic rings. The first kappa shape index (κ1) is 17.5. The van der Waals surface area contributed by atoms with Crippen molar-refractivity contribution in [1.82, 2.24) is 4.90 Å². The van der Waals surface area contributed by atoms with E-state index in [2.05, 4.69) is 11.8 Å². The number of thiocarbonyl (C=S) groups is 1. The lowest BCUT2D eigenvalue weighted by Gasteiger charge is -2.28. The predicted molar refractivity (Wildman–Crippen MR) is 93.9 cm³/mol. The molecule has 2 heterocycles. The Balaban J connectivity index is 1.66. The third-order valence-electron chi connectivity index (χ3n) is 4.19. The van der Waals surface area contributed by atoms with Crippen LogP contribution >= 0.6 is 24.0 Å². The minimum atomic E-state index is 0.0179. The Bertz CT molecular complexity index is 309. The van der Waals surface area contributed by atoms with Gasteiger partial charge >= 0.3 is 0 Å². The molecule has 21 heavy (non-hydrogen) atoms. The Morgan fingerprint density at radius 1 is 1.29 bits per heavy atom. The fraction of sp³-hybridized carbons (Fsp3) is 0.938. The topological polar surface area (TPSA) is 21.7 Å². The molecule has 0 saturated carbocycles. The highest BCUT2D eigenvalue weighted by atomic mass is 32.2. The molecule has 0 spiro atoms. The van der Waals surface area contributed by atoms with Gasteiger partial charge in [0.15, 0.2) is 6.29 Å². The Kier molecular flexibility index (Phi) is 8.37. The van der Waals surface area contributed by atoms with E-state index in [1.54, 1.807) is 11.8 Å².